The molecule has 0 saturated heterocycles. The van der Waals surface area contributed by atoms with Gasteiger partial charge in [-0.05, 0) is 31.2 Å². The Morgan fingerprint density at radius 2 is 2.10 bits per heavy atom. The third-order valence-corrected chi connectivity index (χ3v) is 4.00. The summed E-state index contributed by atoms with van der Waals surface area (Å²) < 4.78 is 0. The van der Waals surface area contributed by atoms with E-state index in [0.717, 1.165) is 5.56 Å². The van der Waals surface area contributed by atoms with Gasteiger partial charge in [0, 0.05) is 36.0 Å². The third-order valence-electron chi connectivity index (χ3n) is 3.44. The smallest absolute Gasteiger partial charge is 0.223 e. The quantitative estimate of drug-likeness (QED) is 0.846. The van der Waals surface area contributed by atoms with E-state index in [4.69, 9.17) is 34.0 Å². The summed E-state index contributed by atoms with van der Waals surface area (Å²) in [5, 5.41) is 10.2. The molecule has 2 atom stereocenters. The van der Waals surface area contributed by atoms with Crippen molar-refractivity contribution in [3.05, 3.63) is 33.8 Å². The Hall–Kier alpha value is -0.810. The highest BCUT2D eigenvalue weighted by atomic mass is 35.5. The largest absolute Gasteiger partial charge is 0.396 e. The van der Waals surface area contributed by atoms with Gasteiger partial charge < -0.3 is 15.7 Å². The Morgan fingerprint density at radius 3 is 2.60 bits per heavy atom. The fourth-order valence-corrected chi connectivity index (χ4v) is 2.44. The van der Waals surface area contributed by atoms with Gasteiger partial charge >= 0.3 is 0 Å². The second-order valence-electron chi connectivity index (χ2n) is 4.83. The minimum atomic E-state index is -0.210. The van der Waals surface area contributed by atoms with Crippen LogP contribution in [0.2, 0.25) is 10.0 Å². The lowest BCUT2D eigenvalue weighted by Gasteiger charge is -2.27. The van der Waals surface area contributed by atoms with Crippen LogP contribution in [-0.4, -0.2) is 36.1 Å². The summed E-state index contributed by atoms with van der Waals surface area (Å²) in [7, 11) is 1.71. The first kappa shape index (κ1) is 17.2. The molecule has 1 amide bonds. The zero-order valence-electron chi connectivity index (χ0n) is 11.6. The van der Waals surface area contributed by atoms with Crippen molar-refractivity contribution in [2.45, 2.75) is 19.4 Å². The minimum Gasteiger partial charge on any atom is -0.396 e. The van der Waals surface area contributed by atoms with E-state index in [1.54, 1.807) is 24.1 Å². The predicted molar refractivity (Wildman–Crippen MR) is 81.9 cm³/mol. The fourth-order valence-electron chi connectivity index (χ4n) is 1.88. The first-order chi connectivity index (χ1) is 9.40. The van der Waals surface area contributed by atoms with Crippen LogP contribution < -0.4 is 5.73 Å². The van der Waals surface area contributed by atoms with Crippen LogP contribution in [0.25, 0.3) is 0 Å². The average molecular weight is 319 g/mol. The van der Waals surface area contributed by atoms with Crippen molar-refractivity contribution in [1.29, 1.82) is 0 Å². The molecule has 0 fully saturated rings. The van der Waals surface area contributed by atoms with Crippen LogP contribution in [0.4, 0.5) is 0 Å². The monoisotopic (exact) mass is 318 g/mol. The fraction of sp³-hybridized carbons (Fsp3) is 0.500. The van der Waals surface area contributed by atoms with Gasteiger partial charge in [-0.15, -0.1) is 0 Å². The molecular weight excluding hydrogens is 299 g/mol. The summed E-state index contributed by atoms with van der Waals surface area (Å²) >= 11 is 12.0. The molecule has 0 saturated carbocycles. The molecule has 1 rings (SSSR count). The maximum absolute atomic E-state index is 12.2. The number of nitrogens with two attached hydrogens (primary N) is 1. The van der Waals surface area contributed by atoms with Gasteiger partial charge in [0.15, 0.2) is 0 Å². The number of rotatable bonds is 6. The van der Waals surface area contributed by atoms with E-state index in [0.29, 0.717) is 10.0 Å². The van der Waals surface area contributed by atoms with Crippen molar-refractivity contribution in [1.82, 2.24) is 4.90 Å². The summed E-state index contributed by atoms with van der Waals surface area (Å²) in [4.78, 5) is 13.8. The highest BCUT2D eigenvalue weighted by molar-refractivity contribution is 6.35. The lowest BCUT2D eigenvalue weighted by Crippen LogP contribution is -2.33. The van der Waals surface area contributed by atoms with Gasteiger partial charge in [-0.25, -0.2) is 0 Å². The average Bonchev–Trinajstić information content (AvgIpc) is 2.42. The number of hydrogen-bond acceptors (Lipinski definition) is 3. The van der Waals surface area contributed by atoms with Gasteiger partial charge in [-0.1, -0.05) is 29.3 Å². The van der Waals surface area contributed by atoms with Crippen molar-refractivity contribution in [2.24, 2.45) is 11.7 Å². The van der Waals surface area contributed by atoms with Crippen molar-refractivity contribution in [2.75, 3.05) is 20.2 Å². The summed E-state index contributed by atoms with van der Waals surface area (Å²) in [5.41, 5.74) is 6.33. The van der Waals surface area contributed by atoms with E-state index in [1.807, 2.05) is 13.0 Å². The zero-order valence-corrected chi connectivity index (χ0v) is 13.2. The van der Waals surface area contributed by atoms with Crippen LogP contribution in [0.15, 0.2) is 18.2 Å². The molecule has 0 spiro atoms. The standard InChI is InChI=1S/C14H20Cl2N2O2/c1-9(12-4-3-11(15)6-13(12)16)18(2)14(20)5-10(7-17)8-19/h3-4,6,9-10,19H,5,7-8,17H2,1-2H3. The SMILES string of the molecule is CC(c1ccc(Cl)cc1Cl)N(C)C(=O)CC(CN)CO. The van der Waals surface area contributed by atoms with Crippen LogP contribution >= 0.6 is 23.2 Å². The van der Waals surface area contributed by atoms with E-state index in [2.05, 4.69) is 0 Å². The van der Waals surface area contributed by atoms with E-state index >= 15 is 0 Å². The number of carbonyl (C=O) groups is 1. The van der Waals surface area contributed by atoms with Crippen molar-refractivity contribution >= 4 is 29.1 Å². The number of halogens is 2. The van der Waals surface area contributed by atoms with Crippen LogP contribution in [0.5, 0.6) is 0 Å². The molecule has 112 valence electrons. The molecule has 0 aliphatic heterocycles. The Kier molecular flexibility index (Phi) is 6.76. The van der Waals surface area contributed by atoms with E-state index < -0.39 is 0 Å². The molecule has 3 N–H and O–H groups in total. The summed E-state index contributed by atoms with van der Waals surface area (Å²) in [5.74, 6) is -0.286. The van der Waals surface area contributed by atoms with E-state index in [9.17, 15) is 4.79 Å². The Labute approximate surface area is 129 Å². The second-order valence-corrected chi connectivity index (χ2v) is 5.68. The normalized spacial score (nSPS) is 13.9. The van der Waals surface area contributed by atoms with Crippen molar-refractivity contribution in [3.8, 4) is 0 Å². The molecule has 1 aromatic rings. The molecule has 4 nitrogen and oxygen atoms in total. The Morgan fingerprint density at radius 1 is 1.45 bits per heavy atom. The number of benzene rings is 1. The first-order valence-corrected chi connectivity index (χ1v) is 7.17. The van der Waals surface area contributed by atoms with Crippen molar-refractivity contribution < 1.29 is 9.90 Å². The molecule has 1 aromatic carbocycles. The van der Waals surface area contributed by atoms with Gasteiger partial charge in [0.25, 0.3) is 0 Å². The van der Waals surface area contributed by atoms with Gasteiger partial charge in [-0.2, -0.15) is 0 Å². The van der Waals surface area contributed by atoms with Crippen LogP contribution in [0, 0.1) is 5.92 Å². The number of carbonyl (C=O) groups excluding carboxylic acids is 1. The van der Waals surface area contributed by atoms with Gasteiger partial charge in [-0.3, -0.25) is 4.79 Å². The van der Waals surface area contributed by atoms with E-state index in [1.165, 1.54) is 0 Å². The van der Waals surface area contributed by atoms with Crippen LogP contribution in [-0.2, 0) is 4.79 Å². The van der Waals surface area contributed by atoms with Gasteiger partial charge in [0.1, 0.15) is 0 Å². The molecule has 20 heavy (non-hydrogen) atoms. The Balaban J connectivity index is 2.80. The topological polar surface area (TPSA) is 66.6 Å². The zero-order chi connectivity index (χ0) is 15.3. The van der Waals surface area contributed by atoms with Crippen LogP contribution in [0.3, 0.4) is 0 Å². The van der Waals surface area contributed by atoms with Crippen LogP contribution in [0.1, 0.15) is 24.9 Å². The lowest BCUT2D eigenvalue weighted by atomic mass is 10.0. The minimum absolute atomic E-state index is 0.0759. The molecular formula is C14H20Cl2N2O2. The number of amides is 1. The molecule has 0 bridgehead atoms. The number of aliphatic hydroxyl groups excluding tert-OH is 1. The maximum Gasteiger partial charge on any atom is 0.223 e. The molecule has 6 heteroatoms. The highest BCUT2D eigenvalue weighted by Crippen LogP contribution is 2.29. The number of nitrogens with zero attached hydrogens (tertiary/aromatic N) is 1. The van der Waals surface area contributed by atoms with Gasteiger partial charge in [0.2, 0.25) is 5.91 Å². The number of hydrogen-bond donors (Lipinski definition) is 2. The Bertz CT molecular complexity index is 464. The predicted octanol–water partition coefficient (Wildman–Crippen LogP) is 2.47. The summed E-state index contributed by atoms with van der Waals surface area (Å²) in [6.07, 6.45) is 0.221. The summed E-state index contributed by atoms with van der Waals surface area (Å²) in [6.45, 7) is 2.09. The molecule has 0 radical (unpaired) electrons. The molecule has 0 aliphatic carbocycles. The van der Waals surface area contributed by atoms with E-state index in [-0.39, 0.29) is 37.4 Å². The number of aliphatic hydroxyl groups is 1. The van der Waals surface area contributed by atoms with Gasteiger partial charge in [0.05, 0.1) is 6.04 Å². The highest BCUT2D eigenvalue weighted by Gasteiger charge is 2.21. The molecule has 0 aromatic heterocycles. The molecule has 0 aliphatic rings. The maximum atomic E-state index is 12.2. The molecule has 2 unspecified atom stereocenters. The van der Waals surface area contributed by atoms with Crippen molar-refractivity contribution in [3.63, 3.8) is 0 Å². The lowest BCUT2D eigenvalue weighted by molar-refractivity contribution is -0.133. The summed E-state index contributed by atoms with van der Waals surface area (Å²) in [6, 6.07) is 5.04. The first-order valence-electron chi connectivity index (χ1n) is 6.42. The third kappa shape index (κ3) is 4.35. The second kappa shape index (κ2) is 7.84. The molecule has 0 heterocycles.